The molecule has 6 heteroatoms. The zero-order chi connectivity index (χ0) is 19.4. The Morgan fingerprint density at radius 1 is 1.17 bits per heavy atom. The van der Waals surface area contributed by atoms with Crippen molar-refractivity contribution in [1.82, 2.24) is 20.4 Å². The number of hydrogen-bond donors (Lipinski definition) is 2. The van der Waals surface area contributed by atoms with Gasteiger partial charge in [0.25, 0.3) is 0 Å². The van der Waals surface area contributed by atoms with E-state index < -0.39 is 0 Å². The number of carbonyl (C=O) groups is 1. The molecule has 2 fully saturated rings. The maximum Gasteiger partial charge on any atom is 0.225 e. The molecule has 29 heavy (non-hydrogen) atoms. The van der Waals surface area contributed by atoms with Gasteiger partial charge in [-0.1, -0.05) is 56.0 Å². The van der Waals surface area contributed by atoms with Crippen molar-refractivity contribution < 1.29 is 4.79 Å². The molecule has 1 saturated carbocycles. The van der Waals surface area contributed by atoms with E-state index in [9.17, 15) is 4.79 Å². The average Bonchev–Trinajstić information content (AvgIpc) is 3.30. The fourth-order valence-corrected chi connectivity index (χ4v) is 5.09. The fourth-order valence-electron chi connectivity index (χ4n) is 5.09. The summed E-state index contributed by atoms with van der Waals surface area (Å²) in [6, 6.07) is 10.8. The van der Waals surface area contributed by atoms with E-state index in [1.807, 2.05) is 24.1 Å². The summed E-state index contributed by atoms with van der Waals surface area (Å²) in [5.74, 6) is 0.358. The number of rotatable bonds is 5. The second-order valence-corrected chi connectivity index (χ2v) is 8.60. The van der Waals surface area contributed by atoms with Gasteiger partial charge in [0.15, 0.2) is 0 Å². The third-order valence-corrected chi connectivity index (χ3v) is 6.75. The average molecular weight is 417 g/mol. The monoisotopic (exact) mass is 416 g/mol. The molecular weight excluding hydrogens is 384 g/mol. The maximum atomic E-state index is 13.2. The van der Waals surface area contributed by atoms with Crippen LogP contribution in [0.15, 0.2) is 42.7 Å². The van der Waals surface area contributed by atoms with Gasteiger partial charge in [0.1, 0.15) is 0 Å². The van der Waals surface area contributed by atoms with Crippen LogP contribution in [0.25, 0.3) is 0 Å². The Balaban J connectivity index is 0.00000240. The van der Waals surface area contributed by atoms with Crippen LogP contribution < -0.4 is 10.6 Å². The zero-order valence-corrected chi connectivity index (χ0v) is 18.1. The molecule has 2 N–H and O–H groups in total. The Bertz CT molecular complexity index is 783. The van der Waals surface area contributed by atoms with Crippen LogP contribution in [0, 0.1) is 5.92 Å². The highest BCUT2D eigenvalue weighted by Crippen LogP contribution is 2.38. The maximum absolute atomic E-state index is 13.2. The first-order valence-corrected chi connectivity index (χ1v) is 10.7. The van der Waals surface area contributed by atoms with Gasteiger partial charge in [-0.05, 0) is 24.0 Å². The summed E-state index contributed by atoms with van der Waals surface area (Å²) in [6.45, 7) is 2.32. The Labute approximate surface area is 180 Å². The third-order valence-electron chi connectivity index (χ3n) is 6.75. The lowest BCUT2D eigenvalue weighted by Crippen LogP contribution is -2.44. The Morgan fingerprint density at radius 3 is 2.55 bits per heavy atom. The lowest BCUT2D eigenvalue weighted by molar-refractivity contribution is -0.125. The van der Waals surface area contributed by atoms with Crippen LogP contribution >= 0.6 is 12.4 Å². The first-order valence-electron chi connectivity index (χ1n) is 10.7. The normalized spacial score (nSPS) is 23.8. The molecule has 0 unspecified atom stereocenters. The molecule has 1 aliphatic carbocycles. The van der Waals surface area contributed by atoms with E-state index in [0.717, 1.165) is 38.0 Å². The van der Waals surface area contributed by atoms with Gasteiger partial charge < -0.3 is 10.6 Å². The number of aryl methyl sites for hydroxylation is 1. The minimum atomic E-state index is -0.0252. The highest BCUT2D eigenvalue weighted by Gasteiger charge is 2.37. The van der Waals surface area contributed by atoms with Crippen LogP contribution in [-0.4, -0.2) is 35.3 Å². The standard InChI is InChI=1S/C23H32N4O.ClH/c1-27-16-18(13-26-27)20-14-24-15-21(20)22(28)25-17-23(11-7-2-3-8-12-23)19-9-5-4-6-10-19;/h4-6,9-10,13,16,20-21,24H,2-3,7-8,11-12,14-15,17H2,1H3,(H,25,28);1H/t20-,21+;/m1./s1. The van der Waals surface area contributed by atoms with Crippen LogP contribution in [0.1, 0.15) is 55.6 Å². The number of aromatic nitrogens is 2. The number of nitrogens with one attached hydrogen (secondary N) is 2. The molecule has 0 radical (unpaired) electrons. The molecule has 1 amide bonds. The largest absolute Gasteiger partial charge is 0.355 e. The van der Waals surface area contributed by atoms with Crippen LogP contribution in [0.2, 0.25) is 0 Å². The molecule has 2 heterocycles. The third kappa shape index (κ3) is 4.84. The predicted molar refractivity (Wildman–Crippen MR) is 118 cm³/mol. The lowest BCUT2D eigenvalue weighted by atomic mass is 9.74. The highest BCUT2D eigenvalue weighted by molar-refractivity contribution is 5.85. The van der Waals surface area contributed by atoms with Crippen LogP contribution in [-0.2, 0) is 17.3 Å². The van der Waals surface area contributed by atoms with Crippen molar-refractivity contribution >= 4 is 18.3 Å². The number of halogens is 1. The molecule has 1 aromatic carbocycles. The number of carbonyl (C=O) groups excluding carboxylic acids is 1. The molecule has 1 aromatic heterocycles. The molecule has 2 aromatic rings. The van der Waals surface area contributed by atoms with Crippen LogP contribution in [0.5, 0.6) is 0 Å². The van der Waals surface area contributed by atoms with E-state index in [4.69, 9.17) is 0 Å². The summed E-state index contributed by atoms with van der Waals surface area (Å²) in [7, 11) is 1.93. The zero-order valence-electron chi connectivity index (χ0n) is 17.3. The second kappa shape index (κ2) is 9.77. The van der Waals surface area contributed by atoms with Crippen molar-refractivity contribution in [3.05, 3.63) is 53.9 Å². The van der Waals surface area contributed by atoms with E-state index in [1.54, 1.807) is 0 Å². The van der Waals surface area contributed by atoms with Gasteiger partial charge in [-0.2, -0.15) is 5.10 Å². The first-order chi connectivity index (χ1) is 13.7. The summed E-state index contributed by atoms with van der Waals surface area (Å²) >= 11 is 0. The molecular formula is C23H33ClN4O. The van der Waals surface area contributed by atoms with Crippen molar-refractivity contribution in [3.63, 3.8) is 0 Å². The minimum absolute atomic E-state index is 0. The Kier molecular flexibility index (Phi) is 7.36. The number of nitrogens with zero attached hydrogens (tertiary/aromatic N) is 2. The van der Waals surface area contributed by atoms with Gasteiger partial charge in [0.2, 0.25) is 5.91 Å². The van der Waals surface area contributed by atoms with E-state index >= 15 is 0 Å². The summed E-state index contributed by atoms with van der Waals surface area (Å²) in [5, 5.41) is 11.1. The summed E-state index contributed by atoms with van der Waals surface area (Å²) in [6.07, 6.45) is 11.3. The highest BCUT2D eigenvalue weighted by atomic mass is 35.5. The molecule has 0 bridgehead atoms. The number of benzene rings is 1. The molecule has 1 saturated heterocycles. The molecule has 0 spiro atoms. The molecule has 1 aliphatic heterocycles. The van der Waals surface area contributed by atoms with E-state index in [1.165, 1.54) is 31.2 Å². The molecule has 4 rings (SSSR count). The van der Waals surface area contributed by atoms with Gasteiger partial charge in [0, 0.05) is 44.2 Å². The first kappa shape index (κ1) is 21.8. The summed E-state index contributed by atoms with van der Waals surface area (Å²) < 4.78 is 1.82. The fraction of sp³-hybridized carbons (Fsp3) is 0.565. The molecule has 2 atom stereocenters. The quantitative estimate of drug-likeness (QED) is 0.733. The topological polar surface area (TPSA) is 59.0 Å². The van der Waals surface area contributed by atoms with Gasteiger partial charge in [-0.15, -0.1) is 12.4 Å². The van der Waals surface area contributed by atoms with Crippen molar-refractivity contribution in [2.45, 2.75) is 49.9 Å². The van der Waals surface area contributed by atoms with Crippen LogP contribution in [0.3, 0.4) is 0 Å². The van der Waals surface area contributed by atoms with Gasteiger partial charge >= 0.3 is 0 Å². The van der Waals surface area contributed by atoms with Gasteiger partial charge in [-0.25, -0.2) is 0 Å². The molecule has 5 nitrogen and oxygen atoms in total. The molecule has 2 aliphatic rings. The van der Waals surface area contributed by atoms with Gasteiger partial charge in [-0.3, -0.25) is 9.48 Å². The lowest BCUT2D eigenvalue weighted by Gasteiger charge is -2.34. The SMILES string of the molecule is Cl.Cn1cc([C@H]2CNC[C@@H]2C(=O)NCC2(c3ccccc3)CCCCCC2)cn1. The second-order valence-electron chi connectivity index (χ2n) is 8.60. The van der Waals surface area contributed by atoms with Gasteiger partial charge in [0.05, 0.1) is 12.1 Å². The predicted octanol–water partition coefficient (Wildman–Crippen LogP) is 3.55. The van der Waals surface area contributed by atoms with E-state index in [2.05, 4.69) is 46.1 Å². The van der Waals surface area contributed by atoms with E-state index in [0.29, 0.717) is 0 Å². The van der Waals surface area contributed by atoms with Crippen molar-refractivity contribution in [3.8, 4) is 0 Å². The van der Waals surface area contributed by atoms with Crippen molar-refractivity contribution in [1.29, 1.82) is 0 Å². The van der Waals surface area contributed by atoms with E-state index in [-0.39, 0.29) is 35.6 Å². The Hall–Kier alpha value is -1.85. The summed E-state index contributed by atoms with van der Waals surface area (Å²) in [4.78, 5) is 13.2. The van der Waals surface area contributed by atoms with Crippen LogP contribution in [0.4, 0.5) is 0 Å². The summed E-state index contributed by atoms with van der Waals surface area (Å²) in [5.41, 5.74) is 2.61. The van der Waals surface area contributed by atoms with Crippen molar-refractivity contribution in [2.24, 2.45) is 13.0 Å². The number of amides is 1. The minimum Gasteiger partial charge on any atom is -0.355 e. The van der Waals surface area contributed by atoms with Crippen molar-refractivity contribution in [2.75, 3.05) is 19.6 Å². The smallest absolute Gasteiger partial charge is 0.225 e. The number of hydrogen-bond acceptors (Lipinski definition) is 3. The Morgan fingerprint density at radius 2 is 1.90 bits per heavy atom. The molecule has 158 valence electrons.